The Bertz CT molecular complexity index is 1010. The summed E-state index contributed by atoms with van der Waals surface area (Å²) in [5.41, 5.74) is 3.90. The molecule has 0 unspecified atom stereocenters. The highest BCUT2D eigenvalue weighted by molar-refractivity contribution is 6.27. The van der Waals surface area contributed by atoms with Crippen molar-refractivity contribution >= 4 is 22.8 Å². The average molecular weight is 425 g/mol. The van der Waals surface area contributed by atoms with Gasteiger partial charge in [-0.15, -0.1) is 0 Å². The highest BCUT2D eigenvalue weighted by Gasteiger charge is 2.19. The van der Waals surface area contributed by atoms with E-state index in [9.17, 15) is 0 Å². The Labute approximate surface area is 180 Å². The van der Waals surface area contributed by atoms with Crippen molar-refractivity contribution < 1.29 is 24.5 Å². The third-order valence-corrected chi connectivity index (χ3v) is 5.30. The van der Waals surface area contributed by atoms with Crippen LogP contribution in [-0.4, -0.2) is 70.2 Å². The molecule has 1 aliphatic rings. The number of fused-ring (bicyclic) bond motifs is 1. The van der Waals surface area contributed by atoms with Crippen LogP contribution in [0, 0.1) is 0 Å². The first-order chi connectivity index (χ1) is 15.0. The fourth-order valence-electron chi connectivity index (χ4n) is 3.68. The molecular formula is C23H27N3O5. The molecule has 1 aromatic heterocycles. The molecule has 1 fully saturated rings. The van der Waals surface area contributed by atoms with E-state index >= 15 is 0 Å². The molecule has 0 aliphatic carbocycles. The molecule has 8 nitrogen and oxygen atoms in total. The summed E-state index contributed by atoms with van der Waals surface area (Å²) in [7, 11) is 1.75. The van der Waals surface area contributed by atoms with Gasteiger partial charge in [-0.05, 0) is 17.7 Å². The van der Waals surface area contributed by atoms with E-state index in [2.05, 4.69) is 57.4 Å². The molecule has 0 amide bonds. The van der Waals surface area contributed by atoms with Gasteiger partial charge < -0.3 is 19.9 Å². The zero-order valence-electron chi connectivity index (χ0n) is 17.5. The Morgan fingerprint density at radius 3 is 2.03 bits per heavy atom. The summed E-state index contributed by atoms with van der Waals surface area (Å²) >= 11 is 0. The van der Waals surface area contributed by atoms with E-state index in [1.165, 1.54) is 22.0 Å². The number of H-pyrrole nitrogens is 1. The second kappa shape index (κ2) is 10.6. The van der Waals surface area contributed by atoms with Crippen LogP contribution >= 0.6 is 0 Å². The van der Waals surface area contributed by atoms with E-state index in [0.29, 0.717) is 0 Å². The van der Waals surface area contributed by atoms with Crippen molar-refractivity contribution in [3.63, 3.8) is 0 Å². The third kappa shape index (κ3) is 6.07. The number of hydrogen-bond acceptors (Lipinski definition) is 5. The Kier molecular flexibility index (Phi) is 7.64. The molecule has 0 bridgehead atoms. The Balaban J connectivity index is 0.000000401. The molecule has 8 heteroatoms. The number of aliphatic carboxylic acids is 2. The minimum atomic E-state index is -1.82. The van der Waals surface area contributed by atoms with Gasteiger partial charge in [-0.2, -0.15) is 0 Å². The molecule has 0 radical (unpaired) electrons. The zero-order chi connectivity index (χ0) is 22.2. The number of carbonyl (C=O) groups is 2. The van der Waals surface area contributed by atoms with Crippen LogP contribution < -0.4 is 4.74 Å². The molecule has 2 aromatic carbocycles. The molecule has 1 saturated heterocycles. The number of hydrogen-bond donors (Lipinski definition) is 3. The van der Waals surface area contributed by atoms with Crippen LogP contribution in [0.4, 0.5) is 0 Å². The summed E-state index contributed by atoms with van der Waals surface area (Å²) < 4.78 is 5.48. The largest absolute Gasteiger partial charge is 0.496 e. The summed E-state index contributed by atoms with van der Waals surface area (Å²) in [6, 6.07) is 16.9. The highest BCUT2D eigenvalue weighted by Crippen LogP contribution is 2.22. The minimum absolute atomic E-state index is 0.963. The molecule has 3 N–H and O–H groups in total. The Morgan fingerprint density at radius 2 is 1.42 bits per heavy atom. The highest BCUT2D eigenvalue weighted by atomic mass is 16.5. The van der Waals surface area contributed by atoms with Crippen molar-refractivity contribution in [3.05, 3.63) is 65.9 Å². The number of carboxylic acids is 2. The smallest absolute Gasteiger partial charge is 0.414 e. The fraction of sp³-hybridized carbons (Fsp3) is 0.304. The van der Waals surface area contributed by atoms with Crippen LogP contribution in [-0.2, 0) is 22.7 Å². The Hall–Kier alpha value is -3.36. The van der Waals surface area contributed by atoms with E-state index in [4.69, 9.17) is 24.5 Å². The maximum atomic E-state index is 9.10. The molecule has 31 heavy (non-hydrogen) atoms. The standard InChI is InChI=1S/C21H25N3O.C2H2O4/c1-25-21-9-5-2-6-17(21)15-23-10-12-24(13-11-23)16-18-14-22-20-8-4-3-7-19(18)20;3-1(4)2(5)6/h2-9,14,22H,10-13,15-16H2,1H3;(H,3,4)(H,5,6). The van der Waals surface area contributed by atoms with Crippen molar-refractivity contribution in [3.8, 4) is 5.75 Å². The molecule has 2 heterocycles. The first-order valence-electron chi connectivity index (χ1n) is 10.1. The quantitative estimate of drug-likeness (QED) is 0.540. The molecule has 4 rings (SSSR count). The number of rotatable bonds is 5. The number of nitrogens with one attached hydrogen (secondary N) is 1. The van der Waals surface area contributed by atoms with Crippen LogP contribution in [0.15, 0.2) is 54.7 Å². The van der Waals surface area contributed by atoms with Crippen LogP contribution in [0.5, 0.6) is 5.75 Å². The molecule has 0 spiro atoms. The van der Waals surface area contributed by atoms with Gasteiger partial charge in [0.2, 0.25) is 0 Å². The van der Waals surface area contributed by atoms with Crippen LogP contribution in [0.2, 0.25) is 0 Å². The Morgan fingerprint density at radius 1 is 0.871 bits per heavy atom. The summed E-state index contributed by atoms with van der Waals surface area (Å²) in [4.78, 5) is 26.6. The lowest BCUT2D eigenvalue weighted by Crippen LogP contribution is -2.45. The normalized spacial score (nSPS) is 14.6. The molecule has 1 aliphatic heterocycles. The van der Waals surface area contributed by atoms with Crippen LogP contribution in [0.3, 0.4) is 0 Å². The first-order valence-corrected chi connectivity index (χ1v) is 10.1. The van der Waals surface area contributed by atoms with E-state index in [1.54, 1.807) is 7.11 Å². The van der Waals surface area contributed by atoms with Crippen molar-refractivity contribution in [1.29, 1.82) is 0 Å². The number of aromatic nitrogens is 1. The number of benzene rings is 2. The number of methoxy groups -OCH3 is 1. The monoisotopic (exact) mass is 425 g/mol. The first kappa shape index (κ1) is 22.3. The lowest BCUT2D eigenvalue weighted by molar-refractivity contribution is -0.159. The van der Waals surface area contributed by atoms with Gasteiger partial charge in [0.1, 0.15) is 5.75 Å². The SMILES string of the molecule is COc1ccccc1CN1CCN(Cc2c[nH]c3ccccc23)CC1.O=C(O)C(=O)O. The predicted octanol–water partition coefficient (Wildman–Crippen LogP) is 2.65. The van der Waals surface area contributed by atoms with Crippen molar-refractivity contribution in [2.24, 2.45) is 0 Å². The van der Waals surface area contributed by atoms with E-state index < -0.39 is 11.9 Å². The third-order valence-electron chi connectivity index (χ3n) is 5.30. The molecule has 164 valence electrons. The van der Waals surface area contributed by atoms with Crippen molar-refractivity contribution in [1.82, 2.24) is 14.8 Å². The number of aromatic amines is 1. The van der Waals surface area contributed by atoms with Crippen LogP contribution in [0.1, 0.15) is 11.1 Å². The van der Waals surface area contributed by atoms with Gasteiger partial charge in [0.25, 0.3) is 0 Å². The molecule has 3 aromatic rings. The molecule has 0 saturated carbocycles. The van der Waals surface area contributed by atoms with E-state index in [-0.39, 0.29) is 0 Å². The summed E-state index contributed by atoms with van der Waals surface area (Å²) in [5.74, 6) is -2.66. The predicted molar refractivity (Wildman–Crippen MR) is 117 cm³/mol. The van der Waals surface area contributed by atoms with Gasteiger partial charge in [-0.25, -0.2) is 9.59 Å². The molecule has 0 atom stereocenters. The lowest BCUT2D eigenvalue weighted by Gasteiger charge is -2.34. The van der Waals surface area contributed by atoms with Crippen molar-refractivity contribution in [2.45, 2.75) is 13.1 Å². The van der Waals surface area contributed by atoms with Gasteiger partial charge in [-0.3, -0.25) is 9.80 Å². The van der Waals surface area contributed by atoms with Crippen molar-refractivity contribution in [2.75, 3.05) is 33.3 Å². The maximum Gasteiger partial charge on any atom is 0.414 e. The summed E-state index contributed by atoms with van der Waals surface area (Å²) in [5, 5.41) is 16.1. The van der Waals surface area contributed by atoms with Gasteiger partial charge in [0, 0.05) is 61.9 Å². The zero-order valence-corrected chi connectivity index (χ0v) is 17.5. The number of carboxylic acid groups (broad SMARTS) is 2. The van der Waals surface area contributed by atoms with E-state index in [0.717, 1.165) is 45.0 Å². The number of ether oxygens (including phenoxy) is 1. The number of piperazine rings is 1. The topological polar surface area (TPSA) is 106 Å². The van der Waals surface area contributed by atoms with Crippen LogP contribution in [0.25, 0.3) is 10.9 Å². The minimum Gasteiger partial charge on any atom is -0.496 e. The second-order valence-electron chi connectivity index (χ2n) is 7.33. The molecular weight excluding hydrogens is 398 g/mol. The fourth-order valence-corrected chi connectivity index (χ4v) is 3.68. The second-order valence-corrected chi connectivity index (χ2v) is 7.33. The summed E-state index contributed by atoms with van der Waals surface area (Å²) in [6.07, 6.45) is 2.16. The summed E-state index contributed by atoms with van der Waals surface area (Å²) in [6.45, 7) is 6.39. The van der Waals surface area contributed by atoms with Gasteiger partial charge in [0.05, 0.1) is 7.11 Å². The maximum absolute atomic E-state index is 9.10. The van der Waals surface area contributed by atoms with Gasteiger partial charge >= 0.3 is 11.9 Å². The number of nitrogens with zero attached hydrogens (tertiary/aromatic N) is 2. The van der Waals surface area contributed by atoms with Gasteiger partial charge in [-0.1, -0.05) is 36.4 Å². The van der Waals surface area contributed by atoms with Gasteiger partial charge in [0.15, 0.2) is 0 Å². The number of para-hydroxylation sites is 2. The lowest BCUT2D eigenvalue weighted by atomic mass is 10.1. The average Bonchev–Trinajstić information content (AvgIpc) is 3.19. The van der Waals surface area contributed by atoms with E-state index in [1.807, 2.05) is 12.1 Å².